The number of halogens is 1. The minimum Gasteiger partial charge on any atom is -0.354 e. The average molecular weight is 429 g/mol. The van der Waals surface area contributed by atoms with E-state index in [9.17, 15) is 9.59 Å². The van der Waals surface area contributed by atoms with Gasteiger partial charge in [-0.1, -0.05) is 79.4 Å². The Morgan fingerprint density at radius 3 is 2.33 bits per heavy atom. The van der Waals surface area contributed by atoms with Gasteiger partial charge in [0.05, 0.1) is 6.42 Å². The quantitative estimate of drug-likeness (QED) is 0.527. The minimum absolute atomic E-state index is 0.0718. The number of nitrogens with zero attached hydrogens (tertiary/aromatic N) is 1. The molecule has 0 fully saturated rings. The van der Waals surface area contributed by atoms with Crippen LogP contribution in [0.4, 0.5) is 0 Å². The van der Waals surface area contributed by atoms with Gasteiger partial charge in [0.15, 0.2) is 0 Å². The summed E-state index contributed by atoms with van der Waals surface area (Å²) >= 11 is 6.37. The zero-order valence-electron chi connectivity index (χ0n) is 18.5. The van der Waals surface area contributed by atoms with Crippen LogP contribution in [-0.2, 0) is 22.6 Å². The van der Waals surface area contributed by atoms with E-state index >= 15 is 0 Å². The van der Waals surface area contributed by atoms with Gasteiger partial charge in [-0.3, -0.25) is 9.59 Å². The summed E-state index contributed by atoms with van der Waals surface area (Å²) in [6.07, 6.45) is 2.72. The molecule has 0 aliphatic heterocycles. The molecular formula is C25H33ClN2O2. The molecule has 0 saturated heterocycles. The van der Waals surface area contributed by atoms with Crippen LogP contribution >= 0.6 is 11.6 Å². The molecule has 0 bridgehead atoms. The molecule has 0 aliphatic rings. The van der Waals surface area contributed by atoms with Crippen LogP contribution in [0.3, 0.4) is 0 Å². The zero-order chi connectivity index (χ0) is 22.1. The maximum absolute atomic E-state index is 13.4. The smallest absolute Gasteiger partial charge is 0.242 e. The molecule has 162 valence electrons. The summed E-state index contributed by atoms with van der Waals surface area (Å²) in [7, 11) is 0. The molecule has 5 heteroatoms. The second kappa shape index (κ2) is 11.8. The molecule has 0 radical (unpaired) electrons. The van der Waals surface area contributed by atoms with E-state index in [0.29, 0.717) is 24.5 Å². The Balaban J connectivity index is 2.29. The van der Waals surface area contributed by atoms with Crippen molar-refractivity contribution in [1.82, 2.24) is 10.2 Å². The molecule has 0 spiro atoms. The summed E-state index contributed by atoms with van der Waals surface area (Å²) in [6, 6.07) is 13.1. The molecule has 1 atom stereocenters. The van der Waals surface area contributed by atoms with Crippen molar-refractivity contribution < 1.29 is 9.59 Å². The third-order valence-corrected chi connectivity index (χ3v) is 5.52. The molecular weight excluding hydrogens is 396 g/mol. The molecule has 2 rings (SSSR count). The average Bonchev–Trinajstić information content (AvgIpc) is 2.68. The fourth-order valence-corrected chi connectivity index (χ4v) is 3.88. The standard InChI is InChI=1S/C25H33ClN2O2/c1-5-7-12-27-25(30)23(6-2)28(17-21-10-8-9-11-22(21)26)24(29)16-20-14-18(3)13-19(4)15-20/h8-11,13-15,23H,5-7,12,16-17H2,1-4H3,(H,27,30)/t23-/m1/s1. The topological polar surface area (TPSA) is 49.4 Å². The van der Waals surface area contributed by atoms with E-state index in [1.165, 1.54) is 0 Å². The SMILES string of the molecule is CCCCNC(=O)[C@@H](CC)N(Cc1ccccc1Cl)C(=O)Cc1cc(C)cc(C)c1. The lowest BCUT2D eigenvalue weighted by Crippen LogP contribution is -2.49. The number of carbonyl (C=O) groups is 2. The second-order valence-corrected chi connectivity index (χ2v) is 8.26. The van der Waals surface area contributed by atoms with Crippen LogP contribution in [0.2, 0.25) is 5.02 Å². The highest BCUT2D eigenvalue weighted by Crippen LogP contribution is 2.21. The van der Waals surface area contributed by atoms with Crippen molar-refractivity contribution in [3.8, 4) is 0 Å². The van der Waals surface area contributed by atoms with Gasteiger partial charge >= 0.3 is 0 Å². The van der Waals surface area contributed by atoms with Crippen LogP contribution in [-0.4, -0.2) is 29.3 Å². The fraction of sp³-hybridized carbons (Fsp3) is 0.440. The van der Waals surface area contributed by atoms with E-state index < -0.39 is 6.04 Å². The highest BCUT2D eigenvalue weighted by atomic mass is 35.5. The predicted octanol–water partition coefficient (Wildman–Crippen LogP) is 5.22. The van der Waals surface area contributed by atoms with Gasteiger partial charge in [0.25, 0.3) is 0 Å². The van der Waals surface area contributed by atoms with Gasteiger partial charge in [0.1, 0.15) is 6.04 Å². The lowest BCUT2D eigenvalue weighted by Gasteiger charge is -2.31. The van der Waals surface area contributed by atoms with E-state index in [-0.39, 0.29) is 18.2 Å². The number of carbonyl (C=O) groups excluding carboxylic acids is 2. The van der Waals surface area contributed by atoms with Crippen molar-refractivity contribution in [2.45, 2.75) is 66.0 Å². The molecule has 1 N–H and O–H groups in total. The third kappa shape index (κ3) is 6.88. The first-order valence-electron chi connectivity index (χ1n) is 10.7. The number of aryl methyl sites for hydroxylation is 2. The van der Waals surface area contributed by atoms with Crippen molar-refractivity contribution >= 4 is 23.4 Å². The van der Waals surface area contributed by atoms with Gasteiger partial charge in [0.2, 0.25) is 11.8 Å². The number of nitrogens with one attached hydrogen (secondary N) is 1. The van der Waals surface area contributed by atoms with Crippen molar-refractivity contribution in [3.05, 3.63) is 69.7 Å². The highest BCUT2D eigenvalue weighted by Gasteiger charge is 2.29. The monoisotopic (exact) mass is 428 g/mol. The second-order valence-electron chi connectivity index (χ2n) is 7.85. The lowest BCUT2D eigenvalue weighted by atomic mass is 10.0. The van der Waals surface area contributed by atoms with Gasteiger partial charge in [-0.15, -0.1) is 0 Å². The van der Waals surface area contributed by atoms with Crippen molar-refractivity contribution in [2.75, 3.05) is 6.54 Å². The number of hydrogen-bond acceptors (Lipinski definition) is 2. The number of hydrogen-bond donors (Lipinski definition) is 1. The van der Waals surface area contributed by atoms with E-state index in [1.807, 2.05) is 57.2 Å². The Labute approximate surface area is 185 Å². The first-order valence-corrected chi connectivity index (χ1v) is 11.1. The largest absolute Gasteiger partial charge is 0.354 e. The van der Waals surface area contributed by atoms with Crippen molar-refractivity contribution in [1.29, 1.82) is 0 Å². The summed E-state index contributed by atoms with van der Waals surface area (Å²) in [5.74, 6) is -0.177. The maximum Gasteiger partial charge on any atom is 0.242 e. The summed E-state index contributed by atoms with van der Waals surface area (Å²) in [4.78, 5) is 28.0. The van der Waals surface area contributed by atoms with Crippen molar-refractivity contribution in [2.24, 2.45) is 0 Å². The van der Waals surface area contributed by atoms with Gasteiger partial charge in [-0.25, -0.2) is 0 Å². The van der Waals surface area contributed by atoms with Gasteiger partial charge in [-0.05, 0) is 43.9 Å². The molecule has 2 aromatic rings. The molecule has 0 aromatic heterocycles. The number of unbranched alkanes of at least 4 members (excludes halogenated alkanes) is 1. The van der Waals surface area contributed by atoms with E-state index in [0.717, 1.165) is 35.1 Å². The normalized spacial score (nSPS) is 11.8. The number of benzene rings is 2. The van der Waals surface area contributed by atoms with Crippen molar-refractivity contribution in [3.63, 3.8) is 0 Å². The molecule has 2 amide bonds. The fourth-order valence-electron chi connectivity index (χ4n) is 3.68. The lowest BCUT2D eigenvalue weighted by molar-refractivity contribution is -0.140. The van der Waals surface area contributed by atoms with Crippen LogP contribution in [0, 0.1) is 13.8 Å². The Kier molecular flexibility index (Phi) is 9.38. The van der Waals surface area contributed by atoms with Gasteiger partial charge < -0.3 is 10.2 Å². The zero-order valence-corrected chi connectivity index (χ0v) is 19.3. The molecule has 30 heavy (non-hydrogen) atoms. The number of amides is 2. The van der Waals surface area contributed by atoms with E-state index in [2.05, 4.69) is 18.3 Å². The number of rotatable bonds is 10. The van der Waals surface area contributed by atoms with Crippen LogP contribution in [0.25, 0.3) is 0 Å². The first-order chi connectivity index (χ1) is 14.3. The Morgan fingerprint density at radius 1 is 1.07 bits per heavy atom. The maximum atomic E-state index is 13.4. The van der Waals surface area contributed by atoms with Crippen LogP contribution in [0.15, 0.2) is 42.5 Å². The van der Waals surface area contributed by atoms with Gasteiger partial charge in [0, 0.05) is 18.1 Å². The predicted molar refractivity (Wildman–Crippen MR) is 124 cm³/mol. The summed E-state index contributed by atoms with van der Waals surface area (Å²) in [5, 5.41) is 3.59. The molecule has 2 aromatic carbocycles. The van der Waals surface area contributed by atoms with Crippen LogP contribution in [0.1, 0.15) is 55.4 Å². The Morgan fingerprint density at radius 2 is 1.73 bits per heavy atom. The first kappa shape index (κ1) is 23.9. The third-order valence-electron chi connectivity index (χ3n) is 5.15. The summed E-state index contributed by atoms with van der Waals surface area (Å²) < 4.78 is 0. The van der Waals surface area contributed by atoms with Crippen LogP contribution in [0.5, 0.6) is 0 Å². The van der Waals surface area contributed by atoms with Gasteiger partial charge in [-0.2, -0.15) is 0 Å². The summed E-state index contributed by atoms with van der Waals surface area (Å²) in [6.45, 7) is 9.01. The molecule has 4 nitrogen and oxygen atoms in total. The highest BCUT2D eigenvalue weighted by molar-refractivity contribution is 6.31. The molecule has 0 unspecified atom stereocenters. The Bertz CT molecular complexity index is 846. The molecule has 0 heterocycles. The van der Waals surface area contributed by atoms with E-state index in [1.54, 1.807) is 4.90 Å². The molecule has 0 saturated carbocycles. The Hall–Kier alpha value is -2.33. The molecule has 0 aliphatic carbocycles. The van der Waals surface area contributed by atoms with Crippen LogP contribution < -0.4 is 5.32 Å². The minimum atomic E-state index is -0.531. The van der Waals surface area contributed by atoms with E-state index in [4.69, 9.17) is 11.6 Å². The summed E-state index contributed by atoms with van der Waals surface area (Å²) in [5.41, 5.74) is 4.05.